The maximum atomic E-state index is 10.6. The number of aromatic carboxylic acids is 1. The van der Waals surface area contributed by atoms with Gasteiger partial charge in [-0.15, -0.1) is 0 Å². The number of hydrogen-bond acceptors (Lipinski definition) is 5. The first kappa shape index (κ1) is 12.2. The SMILES string of the molecule is N#C/C(=N\Nc1ccc(C(=O)O)cc1)C(=N)N. The molecule has 0 aliphatic rings. The summed E-state index contributed by atoms with van der Waals surface area (Å²) in [6, 6.07) is 7.40. The van der Waals surface area contributed by atoms with Crippen molar-refractivity contribution in [3.8, 4) is 6.07 Å². The number of hydrazone groups is 1. The molecule has 0 heterocycles. The molecule has 0 fully saturated rings. The van der Waals surface area contributed by atoms with E-state index in [0.717, 1.165) is 0 Å². The molecule has 17 heavy (non-hydrogen) atoms. The van der Waals surface area contributed by atoms with E-state index < -0.39 is 11.8 Å². The smallest absolute Gasteiger partial charge is 0.335 e. The van der Waals surface area contributed by atoms with Crippen molar-refractivity contribution in [1.29, 1.82) is 10.7 Å². The molecule has 0 amide bonds. The van der Waals surface area contributed by atoms with Gasteiger partial charge in [0.05, 0.1) is 11.3 Å². The first-order chi connectivity index (χ1) is 8.04. The Kier molecular flexibility index (Phi) is 3.78. The van der Waals surface area contributed by atoms with Crippen LogP contribution < -0.4 is 11.2 Å². The normalized spacial score (nSPS) is 10.4. The van der Waals surface area contributed by atoms with E-state index in [1.54, 1.807) is 6.07 Å². The molecule has 7 heteroatoms. The van der Waals surface area contributed by atoms with E-state index in [-0.39, 0.29) is 11.3 Å². The van der Waals surface area contributed by atoms with Gasteiger partial charge < -0.3 is 10.8 Å². The van der Waals surface area contributed by atoms with Crippen molar-refractivity contribution in [3.63, 3.8) is 0 Å². The molecule has 1 aromatic carbocycles. The third-order valence-corrected chi connectivity index (χ3v) is 1.79. The van der Waals surface area contributed by atoms with E-state index in [1.807, 2.05) is 0 Å². The highest BCUT2D eigenvalue weighted by Crippen LogP contribution is 2.09. The van der Waals surface area contributed by atoms with Gasteiger partial charge in [0.15, 0.2) is 5.84 Å². The molecule has 5 N–H and O–H groups in total. The van der Waals surface area contributed by atoms with Gasteiger partial charge in [0, 0.05) is 0 Å². The van der Waals surface area contributed by atoms with E-state index >= 15 is 0 Å². The van der Waals surface area contributed by atoms with Gasteiger partial charge in [-0.25, -0.2) is 4.79 Å². The predicted molar refractivity (Wildman–Crippen MR) is 62.0 cm³/mol. The summed E-state index contributed by atoms with van der Waals surface area (Å²) < 4.78 is 0. The highest BCUT2D eigenvalue weighted by atomic mass is 16.4. The van der Waals surface area contributed by atoms with Crippen molar-refractivity contribution in [2.75, 3.05) is 5.43 Å². The zero-order valence-electron chi connectivity index (χ0n) is 8.64. The number of nitriles is 1. The Morgan fingerprint density at radius 3 is 2.47 bits per heavy atom. The number of hydrogen-bond donors (Lipinski definition) is 4. The maximum Gasteiger partial charge on any atom is 0.335 e. The largest absolute Gasteiger partial charge is 0.478 e. The Morgan fingerprint density at radius 2 is 2.06 bits per heavy atom. The predicted octanol–water partition coefficient (Wildman–Crippen LogP) is 0.612. The van der Waals surface area contributed by atoms with Crippen LogP contribution in [0.5, 0.6) is 0 Å². The molecule has 0 saturated heterocycles. The molecular formula is C10H9N5O2. The second kappa shape index (κ2) is 5.27. The molecule has 0 radical (unpaired) electrons. The van der Waals surface area contributed by atoms with Crippen LogP contribution in [0.1, 0.15) is 10.4 Å². The Balaban J connectivity index is 2.80. The molecule has 0 spiro atoms. The minimum atomic E-state index is -1.03. The van der Waals surface area contributed by atoms with E-state index in [9.17, 15) is 4.79 Å². The summed E-state index contributed by atoms with van der Waals surface area (Å²) in [6.07, 6.45) is 0. The fourth-order valence-electron chi connectivity index (χ4n) is 0.953. The van der Waals surface area contributed by atoms with Gasteiger partial charge in [-0.05, 0) is 24.3 Å². The van der Waals surface area contributed by atoms with Gasteiger partial charge in [0.2, 0.25) is 5.71 Å². The summed E-state index contributed by atoms with van der Waals surface area (Å²) in [5.41, 5.74) is 7.97. The second-order valence-electron chi connectivity index (χ2n) is 2.98. The van der Waals surface area contributed by atoms with Gasteiger partial charge >= 0.3 is 5.97 Å². The molecule has 1 rings (SSSR count). The van der Waals surface area contributed by atoms with Crippen LogP contribution in [0.4, 0.5) is 5.69 Å². The number of nitrogens with zero attached hydrogens (tertiary/aromatic N) is 2. The molecule has 0 aliphatic heterocycles. The first-order valence-electron chi connectivity index (χ1n) is 4.46. The van der Waals surface area contributed by atoms with E-state index in [0.29, 0.717) is 5.69 Å². The van der Waals surface area contributed by atoms with Crippen molar-refractivity contribution in [1.82, 2.24) is 0 Å². The number of carboxylic acids is 1. The van der Waals surface area contributed by atoms with Crippen LogP contribution in [-0.4, -0.2) is 22.6 Å². The summed E-state index contributed by atoms with van der Waals surface area (Å²) in [5, 5.41) is 27.9. The molecule has 0 atom stereocenters. The lowest BCUT2D eigenvalue weighted by molar-refractivity contribution is 0.0697. The van der Waals surface area contributed by atoms with Gasteiger partial charge in [-0.3, -0.25) is 10.8 Å². The molecule has 0 aromatic heterocycles. The number of carbonyl (C=O) groups is 1. The lowest BCUT2D eigenvalue weighted by Gasteiger charge is -2.01. The van der Waals surface area contributed by atoms with Crippen LogP contribution in [0.3, 0.4) is 0 Å². The number of amidine groups is 1. The summed E-state index contributed by atoms with van der Waals surface area (Å²) in [4.78, 5) is 10.6. The standard InChI is InChI=1S/C10H9N5O2/c11-5-8(9(12)13)15-14-7-3-1-6(2-4-7)10(16)17/h1-4,14H,(H3,12,13)(H,16,17)/b15-8+. The minimum Gasteiger partial charge on any atom is -0.478 e. The number of anilines is 1. The Hall–Kier alpha value is -2.88. The van der Waals surface area contributed by atoms with Gasteiger partial charge in [0.25, 0.3) is 0 Å². The molecule has 86 valence electrons. The van der Waals surface area contributed by atoms with Gasteiger partial charge in [0.1, 0.15) is 6.07 Å². The average molecular weight is 231 g/mol. The maximum absolute atomic E-state index is 10.6. The molecule has 0 saturated carbocycles. The molecule has 7 nitrogen and oxygen atoms in total. The van der Waals surface area contributed by atoms with Crippen molar-refractivity contribution in [3.05, 3.63) is 29.8 Å². The quantitative estimate of drug-likeness (QED) is 0.342. The summed E-state index contributed by atoms with van der Waals surface area (Å²) in [6.45, 7) is 0. The molecule has 0 bridgehead atoms. The Morgan fingerprint density at radius 1 is 1.47 bits per heavy atom. The van der Waals surface area contributed by atoms with Crippen molar-refractivity contribution < 1.29 is 9.90 Å². The summed E-state index contributed by atoms with van der Waals surface area (Å²) >= 11 is 0. The topological polar surface area (TPSA) is 135 Å². The third kappa shape index (κ3) is 3.32. The number of benzene rings is 1. The van der Waals surface area contributed by atoms with Crippen LogP contribution in [0.2, 0.25) is 0 Å². The molecule has 1 aromatic rings. The summed E-state index contributed by atoms with van der Waals surface area (Å²) in [7, 11) is 0. The monoisotopic (exact) mass is 231 g/mol. The second-order valence-corrected chi connectivity index (χ2v) is 2.98. The Labute approximate surface area is 96.7 Å². The van der Waals surface area contributed by atoms with Crippen molar-refractivity contribution in [2.24, 2.45) is 10.8 Å². The zero-order chi connectivity index (χ0) is 12.8. The number of nitrogens with two attached hydrogens (primary N) is 1. The van der Waals surface area contributed by atoms with Crippen LogP contribution >= 0.6 is 0 Å². The molecule has 0 unspecified atom stereocenters. The van der Waals surface area contributed by atoms with E-state index in [2.05, 4.69) is 10.5 Å². The van der Waals surface area contributed by atoms with Crippen LogP contribution in [0.15, 0.2) is 29.4 Å². The lowest BCUT2D eigenvalue weighted by atomic mass is 10.2. The average Bonchev–Trinajstić information content (AvgIpc) is 2.30. The van der Waals surface area contributed by atoms with Crippen LogP contribution in [0.25, 0.3) is 0 Å². The highest BCUT2D eigenvalue weighted by Gasteiger charge is 2.02. The van der Waals surface area contributed by atoms with Gasteiger partial charge in [-0.1, -0.05) is 0 Å². The fraction of sp³-hybridized carbons (Fsp3) is 0. The molecular weight excluding hydrogens is 222 g/mol. The number of carboxylic acid groups (broad SMARTS) is 1. The van der Waals surface area contributed by atoms with E-state index in [1.165, 1.54) is 24.3 Å². The third-order valence-electron chi connectivity index (χ3n) is 1.79. The van der Waals surface area contributed by atoms with Gasteiger partial charge in [-0.2, -0.15) is 10.4 Å². The number of rotatable bonds is 4. The van der Waals surface area contributed by atoms with Crippen LogP contribution in [0, 0.1) is 16.7 Å². The van der Waals surface area contributed by atoms with E-state index in [4.69, 9.17) is 21.5 Å². The zero-order valence-corrected chi connectivity index (χ0v) is 8.64. The Bertz CT molecular complexity index is 512. The van der Waals surface area contributed by atoms with Crippen molar-refractivity contribution in [2.45, 2.75) is 0 Å². The minimum absolute atomic E-state index is 0.145. The first-order valence-corrected chi connectivity index (χ1v) is 4.46. The van der Waals surface area contributed by atoms with Crippen molar-refractivity contribution >= 4 is 23.2 Å². The summed E-state index contributed by atoms with van der Waals surface area (Å²) in [5.74, 6) is -1.47. The highest BCUT2D eigenvalue weighted by molar-refractivity contribution is 6.45. The number of nitrogens with one attached hydrogen (secondary N) is 2. The molecule has 0 aliphatic carbocycles. The lowest BCUT2D eigenvalue weighted by Crippen LogP contribution is -2.21. The van der Waals surface area contributed by atoms with Crippen LogP contribution in [-0.2, 0) is 0 Å². The fourth-order valence-corrected chi connectivity index (χ4v) is 0.953.